The minimum atomic E-state index is -0.401. The second-order valence-corrected chi connectivity index (χ2v) is 3.48. The van der Waals surface area contributed by atoms with Crippen LogP contribution in [0.15, 0.2) is 60.7 Å². The molecular formula is C14H13NO2+. The average molecular weight is 227 g/mol. The van der Waals surface area contributed by atoms with Gasteiger partial charge in [-0.2, -0.15) is 4.79 Å². The van der Waals surface area contributed by atoms with Gasteiger partial charge >= 0.3 is 6.09 Å². The third-order valence-electron chi connectivity index (χ3n) is 2.39. The zero-order valence-electron chi connectivity index (χ0n) is 9.54. The molecular weight excluding hydrogens is 214 g/mol. The highest BCUT2D eigenvalue weighted by atomic mass is 16.5. The molecule has 0 aliphatic rings. The van der Waals surface area contributed by atoms with Gasteiger partial charge in [-0.15, -0.1) is 0 Å². The lowest BCUT2D eigenvalue weighted by Gasteiger charge is -2.06. The van der Waals surface area contributed by atoms with Crippen LogP contribution in [0.1, 0.15) is 0 Å². The molecule has 2 aromatic carbocycles. The number of methoxy groups -OCH3 is 1. The normalized spacial score (nSPS) is 10.2. The van der Waals surface area contributed by atoms with Gasteiger partial charge in [-0.1, -0.05) is 36.4 Å². The van der Waals surface area contributed by atoms with E-state index in [1.807, 2.05) is 60.7 Å². The van der Waals surface area contributed by atoms with E-state index in [0.717, 1.165) is 11.4 Å². The summed E-state index contributed by atoms with van der Waals surface area (Å²) >= 11 is 0. The fourth-order valence-corrected chi connectivity index (χ4v) is 1.61. The summed E-state index contributed by atoms with van der Waals surface area (Å²) in [6.45, 7) is 0. The maximum atomic E-state index is 11.8. The van der Waals surface area contributed by atoms with Crippen molar-refractivity contribution < 1.29 is 9.53 Å². The van der Waals surface area contributed by atoms with Gasteiger partial charge in [0.15, 0.2) is 11.4 Å². The van der Waals surface area contributed by atoms with Crippen LogP contribution in [0.5, 0.6) is 0 Å². The van der Waals surface area contributed by atoms with E-state index in [1.165, 1.54) is 12.0 Å². The number of para-hydroxylation sites is 2. The molecule has 0 N–H and O–H groups in total. The second kappa shape index (κ2) is 5.27. The van der Waals surface area contributed by atoms with Gasteiger partial charge in [-0.05, 0) is 0 Å². The van der Waals surface area contributed by atoms with E-state index in [1.54, 1.807) is 0 Å². The van der Waals surface area contributed by atoms with Gasteiger partial charge in [0.1, 0.15) is 0 Å². The Morgan fingerprint density at radius 1 is 0.882 bits per heavy atom. The summed E-state index contributed by atoms with van der Waals surface area (Å²) in [7, 11) is 1.38. The van der Waals surface area contributed by atoms with Crippen molar-refractivity contribution in [2.75, 3.05) is 7.11 Å². The molecule has 0 aliphatic carbocycles. The molecule has 85 valence electrons. The summed E-state index contributed by atoms with van der Waals surface area (Å²) in [6.07, 6.45) is -0.401. The maximum absolute atomic E-state index is 11.8. The molecule has 2 aromatic rings. The summed E-state index contributed by atoms with van der Waals surface area (Å²) in [5, 5.41) is 0. The Morgan fingerprint density at radius 2 is 1.29 bits per heavy atom. The van der Waals surface area contributed by atoms with Gasteiger partial charge in [0.25, 0.3) is 0 Å². The Kier molecular flexibility index (Phi) is 3.52. The smallest absolute Gasteiger partial charge is 0.419 e. The highest BCUT2D eigenvalue weighted by Gasteiger charge is 2.32. The second-order valence-electron chi connectivity index (χ2n) is 3.48. The Hall–Kier alpha value is -2.13. The van der Waals surface area contributed by atoms with Gasteiger partial charge in [-0.25, -0.2) is 0 Å². The van der Waals surface area contributed by atoms with E-state index in [9.17, 15) is 4.79 Å². The molecule has 0 heterocycles. The summed E-state index contributed by atoms with van der Waals surface area (Å²) in [5.41, 5.74) is 1.57. The van der Waals surface area contributed by atoms with Crippen LogP contribution < -0.4 is 4.90 Å². The van der Waals surface area contributed by atoms with Crippen LogP contribution >= 0.6 is 0 Å². The van der Waals surface area contributed by atoms with E-state index >= 15 is 0 Å². The third-order valence-corrected chi connectivity index (χ3v) is 2.39. The van der Waals surface area contributed by atoms with E-state index in [0.29, 0.717) is 0 Å². The molecule has 0 saturated carbocycles. The molecule has 1 amide bonds. The Balaban J connectivity index is 2.43. The lowest BCUT2D eigenvalue weighted by atomic mass is 10.2. The highest BCUT2D eigenvalue weighted by Crippen LogP contribution is 2.24. The van der Waals surface area contributed by atoms with Gasteiger partial charge in [0.05, 0.1) is 7.11 Å². The fourth-order valence-electron chi connectivity index (χ4n) is 1.61. The van der Waals surface area contributed by atoms with E-state index in [4.69, 9.17) is 4.74 Å². The van der Waals surface area contributed by atoms with Crippen molar-refractivity contribution in [3.8, 4) is 0 Å². The van der Waals surface area contributed by atoms with Crippen LogP contribution in [0.2, 0.25) is 0 Å². The summed E-state index contributed by atoms with van der Waals surface area (Å²) < 4.78 is 4.81. The number of carbonyl (C=O) groups is 1. The molecule has 17 heavy (non-hydrogen) atoms. The number of hydrogen-bond acceptors (Lipinski definition) is 2. The summed E-state index contributed by atoms with van der Waals surface area (Å²) in [6, 6.07) is 18.8. The molecule has 0 aliphatic heterocycles. The lowest BCUT2D eigenvalue weighted by molar-refractivity contribution is 0.167. The molecule has 0 atom stereocenters. The standard InChI is InChI=1S/C14H13NO2/c1-17-14(16)15(12-8-4-2-5-9-12)13-10-6-3-7-11-13/h2-11H,1H3/q+1. The van der Waals surface area contributed by atoms with Crippen molar-refractivity contribution in [1.82, 2.24) is 4.90 Å². The van der Waals surface area contributed by atoms with Crippen molar-refractivity contribution in [3.05, 3.63) is 60.7 Å². The number of hydrogen-bond donors (Lipinski definition) is 0. The Labute approximate surface area is 100 Å². The van der Waals surface area contributed by atoms with Crippen LogP contribution in [0.3, 0.4) is 0 Å². The molecule has 1 radical (unpaired) electrons. The average Bonchev–Trinajstić information content (AvgIpc) is 2.41. The number of ether oxygens (including phenoxy) is 1. The highest BCUT2D eigenvalue weighted by molar-refractivity contribution is 5.84. The van der Waals surface area contributed by atoms with Crippen LogP contribution in [-0.2, 0) is 4.74 Å². The molecule has 3 heteroatoms. The minimum absolute atomic E-state index is 0.401. The minimum Gasteiger partial charge on any atom is -0.419 e. The third kappa shape index (κ3) is 2.52. The molecule has 0 unspecified atom stereocenters. The number of nitrogens with zero attached hydrogens (tertiary/aromatic N) is 1. The first-order chi connectivity index (χ1) is 8.33. The van der Waals surface area contributed by atoms with Crippen molar-refractivity contribution in [1.29, 1.82) is 0 Å². The predicted molar refractivity (Wildman–Crippen MR) is 66.7 cm³/mol. The molecule has 2 rings (SSSR count). The first-order valence-corrected chi connectivity index (χ1v) is 5.31. The molecule has 0 aromatic heterocycles. The van der Waals surface area contributed by atoms with Crippen molar-refractivity contribution in [2.24, 2.45) is 0 Å². The molecule has 0 fully saturated rings. The van der Waals surface area contributed by atoms with Gasteiger partial charge < -0.3 is 4.74 Å². The van der Waals surface area contributed by atoms with Crippen LogP contribution in [0, 0.1) is 0 Å². The number of carbonyl (C=O) groups excluding carboxylic acids is 1. The lowest BCUT2D eigenvalue weighted by Crippen LogP contribution is -2.26. The van der Waals surface area contributed by atoms with Crippen LogP contribution in [0.25, 0.3) is 0 Å². The van der Waals surface area contributed by atoms with Crippen LogP contribution in [0.4, 0.5) is 16.2 Å². The number of amides is 1. The van der Waals surface area contributed by atoms with E-state index in [-0.39, 0.29) is 0 Å². The monoisotopic (exact) mass is 227 g/mol. The molecule has 0 spiro atoms. The summed E-state index contributed by atoms with van der Waals surface area (Å²) in [4.78, 5) is 13.3. The van der Waals surface area contributed by atoms with Crippen molar-refractivity contribution >= 4 is 17.5 Å². The predicted octanol–water partition coefficient (Wildman–Crippen LogP) is 3.56. The van der Waals surface area contributed by atoms with Crippen LogP contribution in [-0.4, -0.2) is 13.2 Å². The van der Waals surface area contributed by atoms with Crippen molar-refractivity contribution in [3.63, 3.8) is 0 Å². The Bertz CT molecular complexity index is 443. The van der Waals surface area contributed by atoms with Gasteiger partial charge in [-0.3, -0.25) is 0 Å². The first kappa shape index (κ1) is 11.4. The molecule has 0 bridgehead atoms. The zero-order chi connectivity index (χ0) is 12.1. The van der Waals surface area contributed by atoms with Gasteiger partial charge in [0.2, 0.25) is 0 Å². The summed E-state index contributed by atoms with van der Waals surface area (Å²) in [5.74, 6) is 0. The van der Waals surface area contributed by atoms with Crippen molar-refractivity contribution in [2.45, 2.75) is 0 Å². The maximum Gasteiger partial charge on any atom is 0.578 e. The zero-order valence-corrected chi connectivity index (χ0v) is 9.54. The number of rotatable bonds is 2. The number of anilines is 2. The topological polar surface area (TPSA) is 32.2 Å². The van der Waals surface area contributed by atoms with E-state index < -0.39 is 6.09 Å². The number of benzene rings is 2. The SMILES string of the molecule is COC(=O)[N+](c1ccccc1)c1ccccc1. The van der Waals surface area contributed by atoms with Gasteiger partial charge in [0, 0.05) is 29.2 Å². The Morgan fingerprint density at radius 3 is 1.65 bits per heavy atom. The largest absolute Gasteiger partial charge is 0.578 e. The first-order valence-electron chi connectivity index (χ1n) is 5.31. The van der Waals surface area contributed by atoms with E-state index in [2.05, 4.69) is 0 Å². The quantitative estimate of drug-likeness (QED) is 0.735. The fraction of sp³-hybridized carbons (Fsp3) is 0.0714. The molecule has 0 saturated heterocycles. The molecule has 3 nitrogen and oxygen atoms in total.